The molecule has 0 aliphatic carbocycles. The maximum absolute atomic E-state index is 3.62. The number of hydrogen-bond donors (Lipinski definition) is 1. The maximum Gasteiger partial charge on any atom is 0.00389 e. The van der Waals surface area contributed by atoms with Gasteiger partial charge in [-0.05, 0) is 38.1 Å². The molecule has 1 aliphatic rings. The van der Waals surface area contributed by atoms with E-state index >= 15 is 0 Å². The molecule has 0 aromatic carbocycles. The first-order chi connectivity index (χ1) is 6.77. The third kappa shape index (κ3) is 3.61. The van der Waals surface area contributed by atoms with Crippen LogP contribution in [0, 0.1) is 11.8 Å². The van der Waals surface area contributed by atoms with Crippen LogP contribution in [-0.2, 0) is 0 Å². The van der Waals surface area contributed by atoms with Crippen LogP contribution >= 0.6 is 0 Å². The van der Waals surface area contributed by atoms with E-state index in [1.165, 1.54) is 45.1 Å². The molecule has 1 heterocycles. The van der Waals surface area contributed by atoms with Crippen LogP contribution in [0.1, 0.15) is 59.3 Å². The maximum atomic E-state index is 3.62. The van der Waals surface area contributed by atoms with E-state index in [-0.39, 0.29) is 0 Å². The van der Waals surface area contributed by atoms with Crippen LogP contribution < -0.4 is 5.32 Å². The number of piperidine rings is 1. The molecule has 14 heavy (non-hydrogen) atoms. The second kappa shape index (κ2) is 6.44. The lowest BCUT2D eigenvalue weighted by atomic mass is 9.80. The van der Waals surface area contributed by atoms with Crippen molar-refractivity contribution in [2.24, 2.45) is 11.8 Å². The van der Waals surface area contributed by atoms with E-state index in [4.69, 9.17) is 0 Å². The summed E-state index contributed by atoms with van der Waals surface area (Å²) < 4.78 is 0. The minimum Gasteiger partial charge on any atom is -0.314 e. The summed E-state index contributed by atoms with van der Waals surface area (Å²) in [6.07, 6.45) is 8.44. The lowest BCUT2D eigenvalue weighted by Gasteiger charge is -2.33. The SMILES string of the molecule is CCCCC(CC)C1CC[C@H](C)NC1. The van der Waals surface area contributed by atoms with Gasteiger partial charge in [0.05, 0.1) is 0 Å². The van der Waals surface area contributed by atoms with Gasteiger partial charge in [0, 0.05) is 6.04 Å². The molecule has 0 radical (unpaired) electrons. The van der Waals surface area contributed by atoms with Crippen molar-refractivity contribution in [1.29, 1.82) is 0 Å². The van der Waals surface area contributed by atoms with E-state index in [1.54, 1.807) is 0 Å². The summed E-state index contributed by atoms with van der Waals surface area (Å²) in [6.45, 7) is 8.23. The van der Waals surface area contributed by atoms with Gasteiger partial charge in [0.15, 0.2) is 0 Å². The molecule has 1 aliphatic heterocycles. The lowest BCUT2D eigenvalue weighted by Crippen LogP contribution is -2.39. The molecule has 2 unspecified atom stereocenters. The molecule has 3 atom stereocenters. The van der Waals surface area contributed by atoms with Crippen molar-refractivity contribution in [2.75, 3.05) is 6.54 Å². The Morgan fingerprint density at radius 1 is 1.29 bits per heavy atom. The second-order valence-corrected chi connectivity index (χ2v) is 4.96. The molecule has 1 saturated heterocycles. The molecule has 0 spiro atoms. The monoisotopic (exact) mass is 197 g/mol. The zero-order chi connectivity index (χ0) is 10.4. The van der Waals surface area contributed by atoms with Crippen molar-refractivity contribution in [1.82, 2.24) is 5.32 Å². The number of rotatable bonds is 5. The van der Waals surface area contributed by atoms with Crippen LogP contribution in [0.2, 0.25) is 0 Å². The number of unbranched alkanes of at least 4 members (excludes halogenated alkanes) is 1. The Labute approximate surface area is 89.7 Å². The topological polar surface area (TPSA) is 12.0 Å². The van der Waals surface area contributed by atoms with E-state index in [0.29, 0.717) is 0 Å². The standard InChI is InChI=1S/C13H27N/c1-4-6-7-12(5-2)13-9-8-11(3)14-10-13/h11-14H,4-10H2,1-3H3/t11-,12?,13?/m0/s1. The molecular formula is C13H27N. The predicted octanol–water partition coefficient (Wildman–Crippen LogP) is 3.59. The first kappa shape index (κ1) is 12.0. The second-order valence-electron chi connectivity index (χ2n) is 4.96. The molecule has 0 aromatic rings. The molecule has 0 aromatic heterocycles. The molecule has 1 fully saturated rings. The van der Waals surface area contributed by atoms with Gasteiger partial charge in [-0.3, -0.25) is 0 Å². The number of hydrogen-bond acceptors (Lipinski definition) is 1. The lowest BCUT2D eigenvalue weighted by molar-refractivity contribution is 0.218. The molecule has 0 bridgehead atoms. The number of nitrogens with one attached hydrogen (secondary N) is 1. The van der Waals surface area contributed by atoms with Crippen molar-refractivity contribution in [3.05, 3.63) is 0 Å². The van der Waals surface area contributed by atoms with Crippen LogP contribution in [-0.4, -0.2) is 12.6 Å². The highest BCUT2D eigenvalue weighted by Gasteiger charge is 2.23. The highest BCUT2D eigenvalue weighted by atomic mass is 14.9. The van der Waals surface area contributed by atoms with Gasteiger partial charge >= 0.3 is 0 Å². The highest BCUT2D eigenvalue weighted by Crippen LogP contribution is 2.28. The molecule has 1 rings (SSSR count). The fourth-order valence-electron chi connectivity index (χ4n) is 2.66. The van der Waals surface area contributed by atoms with Gasteiger partial charge < -0.3 is 5.32 Å². The van der Waals surface area contributed by atoms with Gasteiger partial charge in [0.25, 0.3) is 0 Å². The van der Waals surface area contributed by atoms with Gasteiger partial charge in [-0.15, -0.1) is 0 Å². The van der Waals surface area contributed by atoms with E-state index in [2.05, 4.69) is 26.1 Å². The average Bonchev–Trinajstić information content (AvgIpc) is 2.21. The van der Waals surface area contributed by atoms with Crippen molar-refractivity contribution in [2.45, 2.75) is 65.3 Å². The summed E-state index contributed by atoms with van der Waals surface area (Å²) in [4.78, 5) is 0. The van der Waals surface area contributed by atoms with Crippen LogP contribution in [0.25, 0.3) is 0 Å². The molecule has 1 nitrogen and oxygen atoms in total. The Morgan fingerprint density at radius 2 is 2.07 bits per heavy atom. The summed E-state index contributed by atoms with van der Waals surface area (Å²) in [5, 5.41) is 3.62. The van der Waals surface area contributed by atoms with E-state index in [9.17, 15) is 0 Å². The summed E-state index contributed by atoms with van der Waals surface area (Å²) in [7, 11) is 0. The van der Waals surface area contributed by atoms with Gasteiger partial charge in [-0.25, -0.2) is 0 Å². The zero-order valence-electron chi connectivity index (χ0n) is 10.2. The zero-order valence-corrected chi connectivity index (χ0v) is 10.2. The molecule has 0 saturated carbocycles. The molecular weight excluding hydrogens is 170 g/mol. The Bertz CT molecular complexity index is 133. The summed E-state index contributed by atoms with van der Waals surface area (Å²) in [6, 6.07) is 0.759. The molecule has 0 amide bonds. The van der Waals surface area contributed by atoms with Crippen LogP contribution in [0.15, 0.2) is 0 Å². The average molecular weight is 197 g/mol. The van der Waals surface area contributed by atoms with Crippen LogP contribution in [0.5, 0.6) is 0 Å². The minimum absolute atomic E-state index is 0.759. The summed E-state index contributed by atoms with van der Waals surface area (Å²) >= 11 is 0. The smallest absolute Gasteiger partial charge is 0.00389 e. The first-order valence-corrected chi connectivity index (χ1v) is 6.51. The van der Waals surface area contributed by atoms with Crippen molar-refractivity contribution in [3.63, 3.8) is 0 Å². The largest absolute Gasteiger partial charge is 0.314 e. The highest BCUT2D eigenvalue weighted by molar-refractivity contribution is 4.79. The normalized spacial score (nSPS) is 30.2. The predicted molar refractivity (Wildman–Crippen MR) is 63.5 cm³/mol. The third-order valence-electron chi connectivity index (χ3n) is 3.82. The van der Waals surface area contributed by atoms with Crippen molar-refractivity contribution in [3.8, 4) is 0 Å². The van der Waals surface area contributed by atoms with Gasteiger partial charge in [0.2, 0.25) is 0 Å². The van der Waals surface area contributed by atoms with E-state index in [0.717, 1.165) is 17.9 Å². The third-order valence-corrected chi connectivity index (χ3v) is 3.82. The summed E-state index contributed by atoms with van der Waals surface area (Å²) in [5.74, 6) is 1.94. The quantitative estimate of drug-likeness (QED) is 0.710. The van der Waals surface area contributed by atoms with Crippen LogP contribution in [0.4, 0.5) is 0 Å². The van der Waals surface area contributed by atoms with Gasteiger partial charge in [0.1, 0.15) is 0 Å². The van der Waals surface area contributed by atoms with Gasteiger partial charge in [-0.1, -0.05) is 39.5 Å². The first-order valence-electron chi connectivity index (χ1n) is 6.51. The summed E-state index contributed by atoms with van der Waals surface area (Å²) in [5.41, 5.74) is 0. The fourth-order valence-corrected chi connectivity index (χ4v) is 2.66. The van der Waals surface area contributed by atoms with Crippen LogP contribution in [0.3, 0.4) is 0 Å². The van der Waals surface area contributed by atoms with Crippen molar-refractivity contribution < 1.29 is 0 Å². The Kier molecular flexibility index (Phi) is 5.54. The Balaban J connectivity index is 2.29. The Hall–Kier alpha value is -0.0400. The molecule has 1 heteroatoms. The van der Waals surface area contributed by atoms with E-state index in [1.807, 2.05) is 0 Å². The van der Waals surface area contributed by atoms with E-state index < -0.39 is 0 Å². The molecule has 1 N–H and O–H groups in total. The Morgan fingerprint density at radius 3 is 2.57 bits per heavy atom. The van der Waals surface area contributed by atoms with Gasteiger partial charge in [-0.2, -0.15) is 0 Å². The van der Waals surface area contributed by atoms with Crippen molar-refractivity contribution >= 4 is 0 Å². The molecule has 84 valence electrons. The fraction of sp³-hybridized carbons (Fsp3) is 1.00. The minimum atomic E-state index is 0.759.